The number of tetrazole rings is 1. The number of fused-ring (bicyclic) bond motifs is 2. The van der Waals surface area contributed by atoms with Gasteiger partial charge in [0.05, 0.1) is 16.0 Å². The van der Waals surface area contributed by atoms with Gasteiger partial charge in [0.15, 0.2) is 17.3 Å². The number of nitro benzene ring substituents is 1. The van der Waals surface area contributed by atoms with Crippen molar-refractivity contribution in [1.82, 2.24) is 30.1 Å². The summed E-state index contributed by atoms with van der Waals surface area (Å²) in [6.07, 6.45) is 0.795. The first-order valence-corrected chi connectivity index (χ1v) is 13.2. The molecule has 4 aromatic rings. The zero-order valence-electron chi connectivity index (χ0n) is 22.5. The SMILES string of the molecule is CCC(C)(C)n1nnnc1[C@H](c1cc2cc3c(cc2[nH]c1=O)OCO3)N1CCN(c2ccc([N+](=O)[O-])cc2)CC1. The minimum absolute atomic E-state index is 0.0611. The van der Waals surface area contributed by atoms with Crippen LogP contribution in [-0.2, 0) is 5.54 Å². The Morgan fingerprint density at radius 3 is 2.45 bits per heavy atom. The van der Waals surface area contributed by atoms with Crippen LogP contribution in [0.3, 0.4) is 0 Å². The van der Waals surface area contributed by atoms with E-state index in [1.54, 1.807) is 18.2 Å². The van der Waals surface area contributed by atoms with Gasteiger partial charge < -0.3 is 19.4 Å². The Hall–Kier alpha value is -4.52. The second-order valence-corrected chi connectivity index (χ2v) is 10.7. The van der Waals surface area contributed by atoms with Gasteiger partial charge in [-0.25, -0.2) is 4.68 Å². The van der Waals surface area contributed by atoms with Crippen molar-refractivity contribution >= 4 is 22.3 Å². The van der Waals surface area contributed by atoms with Crippen LogP contribution in [-0.4, -0.2) is 68.0 Å². The highest BCUT2D eigenvalue weighted by molar-refractivity contribution is 5.83. The number of hydrogen-bond donors (Lipinski definition) is 1. The van der Waals surface area contributed by atoms with Crippen molar-refractivity contribution < 1.29 is 14.4 Å². The van der Waals surface area contributed by atoms with Gasteiger partial charge in [-0.05, 0) is 55.0 Å². The molecule has 13 nitrogen and oxygen atoms in total. The normalized spacial score (nSPS) is 16.4. The number of aromatic amines is 1. The topological polar surface area (TPSA) is 145 Å². The van der Waals surface area contributed by atoms with E-state index >= 15 is 0 Å². The Morgan fingerprint density at radius 2 is 1.77 bits per heavy atom. The molecule has 4 heterocycles. The number of aromatic nitrogens is 5. The molecule has 40 heavy (non-hydrogen) atoms. The molecule has 2 aliphatic rings. The summed E-state index contributed by atoms with van der Waals surface area (Å²) >= 11 is 0. The lowest BCUT2D eigenvalue weighted by molar-refractivity contribution is -0.384. The smallest absolute Gasteiger partial charge is 0.269 e. The summed E-state index contributed by atoms with van der Waals surface area (Å²) in [5.74, 6) is 1.83. The number of non-ortho nitro benzene ring substituents is 1. The molecule has 1 N–H and O–H groups in total. The third kappa shape index (κ3) is 4.51. The quantitative estimate of drug-likeness (QED) is 0.271. The molecule has 0 spiro atoms. The minimum Gasteiger partial charge on any atom is -0.454 e. The number of anilines is 1. The summed E-state index contributed by atoms with van der Waals surface area (Å²) in [4.78, 5) is 31.7. The maximum Gasteiger partial charge on any atom is 0.269 e. The molecule has 13 heteroatoms. The summed E-state index contributed by atoms with van der Waals surface area (Å²) in [6, 6.07) is 11.6. The fourth-order valence-corrected chi connectivity index (χ4v) is 5.28. The van der Waals surface area contributed by atoms with Gasteiger partial charge in [0.2, 0.25) is 6.79 Å². The molecule has 0 bridgehead atoms. The van der Waals surface area contributed by atoms with Crippen LogP contribution in [0.4, 0.5) is 11.4 Å². The van der Waals surface area contributed by atoms with Gasteiger partial charge >= 0.3 is 0 Å². The Kier molecular flexibility index (Phi) is 6.37. The Morgan fingerprint density at radius 1 is 1.07 bits per heavy atom. The lowest BCUT2D eigenvalue weighted by Gasteiger charge is -2.40. The van der Waals surface area contributed by atoms with E-state index in [1.807, 2.05) is 16.8 Å². The van der Waals surface area contributed by atoms with Gasteiger partial charge in [-0.1, -0.05) is 6.92 Å². The number of H-pyrrole nitrogens is 1. The standard InChI is InChI=1S/C27H30N8O5/c1-4-27(2,3)34-25(29-30-31-34)24(20-13-17-14-22-23(40-16-39-22)15-21(17)28-26(20)36)33-11-9-32(10-12-33)18-5-7-19(8-6-18)35(37)38/h5-8,13-15,24H,4,9-12,16H2,1-3H3,(H,28,36)/t24-/m0/s1. The monoisotopic (exact) mass is 546 g/mol. The molecule has 1 saturated heterocycles. The molecule has 0 radical (unpaired) electrons. The molecule has 208 valence electrons. The fourth-order valence-electron chi connectivity index (χ4n) is 5.28. The largest absolute Gasteiger partial charge is 0.454 e. The molecule has 0 amide bonds. The molecule has 6 rings (SSSR count). The van der Waals surface area contributed by atoms with Crippen LogP contribution in [0.15, 0.2) is 47.3 Å². The van der Waals surface area contributed by atoms with E-state index in [9.17, 15) is 14.9 Å². The van der Waals surface area contributed by atoms with Crippen molar-refractivity contribution in [2.24, 2.45) is 0 Å². The third-order valence-electron chi connectivity index (χ3n) is 7.94. The van der Waals surface area contributed by atoms with E-state index in [0.717, 1.165) is 17.5 Å². The Balaban J connectivity index is 1.38. The first kappa shape index (κ1) is 25.7. The second kappa shape index (κ2) is 9.90. The fraction of sp³-hybridized carbons (Fsp3) is 0.407. The van der Waals surface area contributed by atoms with Gasteiger partial charge in [-0.2, -0.15) is 0 Å². The van der Waals surface area contributed by atoms with Crippen LogP contribution in [0.1, 0.15) is 44.6 Å². The summed E-state index contributed by atoms with van der Waals surface area (Å²) in [5.41, 5.74) is 1.58. The number of benzene rings is 2. The predicted molar refractivity (Wildman–Crippen MR) is 147 cm³/mol. The molecule has 0 saturated carbocycles. The molecule has 1 atom stereocenters. The number of pyridine rings is 1. The number of hydrogen-bond acceptors (Lipinski definition) is 10. The van der Waals surface area contributed by atoms with Crippen molar-refractivity contribution in [1.29, 1.82) is 0 Å². The second-order valence-electron chi connectivity index (χ2n) is 10.7. The van der Waals surface area contributed by atoms with Gasteiger partial charge in [0.25, 0.3) is 11.2 Å². The van der Waals surface area contributed by atoms with Crippen LogP contribution in [0.5, 0.6) is 11.5 Å². The number of nitro groups is 1. The maximum absolute atomic E-state index is 13.6. The average Bonchev–Trinajstić information content (AvgIpc) is 3.63. The molecule has 2 aromatic carbocycles. The summed E-state index contributed by atoms with van der Waals surface area (Å²) < 4.78 is 12.9. The van der Waals surface area contributed by atoms with Gasteiger partial charge in [-0.15, -0.1) is 5.10 Å². The van der Waals surface area contributed by atoms with E-state index in [1.165, 1.54) is 12.1 Å². The van der Waals surface area contributed by atoms with Crippen LogP contribution >= 0.6 is 0 Å². The Labute approximate surface area is 229 Å². The Bertz CT molecular complexity index is 1620. The molecule has 2 aliphatic heterocycles. The van der Waals surface area contributed by atoms with Crippen LogP contribution in [0, 0.1) is 10.1 Å². The number of rotatable bonds is 7. The van der Waals surface area contributed by atoms with E-state index in [0.29, 0.717) is 54.6 Å². The van der Waals surface area contributed by atoms with Crippen molar-refractivity contribution in [3.8, 4) is 11.5 Å². The van der Waals surface area contributed by atoms with Crippen LogP contribution in [0.2, 0.25) is 0 Å². The lowest BCUT2D eigenvalue weighted by Crippen LogP contribution is -2.49. The molecule has 1 fully saturated rings. The van der Waals surface area contributed by atoms with E-state index in [4.69, 9.17) is 9.47 Å². The van der Waals surface area contributed by atoms with Crippen LogP contribution < -0.4 is 19.9 Å². The predicted octanol–water partition coefficient (Wildman–Crippen LogP) is 3.21. The summed E-state index contributed by atoms with van der Waals surface area (Å²) in [5, 5.41) is 24.7. The summed E-state index contributed by atoms with van der Waals surface area (Å²) in [6.45, 7) is 8.94. The number of ether oxygens (including phenoxy) is 2. The average molecular weight is 547 g/mol. The highest BCUT2D eigenvalue weighted by Gasteiger charge is 2.36. The van der Waals surface area contributed by atoms with E-state index in [-0.39, 0.29) is 23.6 Å². The van der Waals surface area contributed by atoms with Crippen molar-refractivity contribution in [2.75, 3.05) is 37.9 Å². The first-order chi connectivity index (χ1) is 19.2. The number of nitrogens with zero attached hydrogens (tertiary/aromatic N) is 7. The molecule has 0 unspecified atom stereocenters. The molecular weight excluding hydrogens is 516 g/mol. The van der Waals surface area contributed by atoms with Crippen molar-refractivity contribution in [3.63, 3.8) is 0 Å². The van der Waals surface area contributed by atoms with E-state index < -0.39 is 11.0 Å². The highest BCUT2D eigenvalue weighted by Crippen LogP contribution is 2.37. The van der Waals surface area contributed by atoms with Gasteiger partial charge in [0.1, 0.15) is 6.04 Å². The van der Waals surface area contributed by atoms with Gasteiger partial charge in [-0.3, -0.25) is 19.8 Å². The zero-order chi connectivity index (χ0) is 28.0. The van der Waals surface area contributed by atoms with Crippen molar-refractivity contribution in [3.05, 3.63) is 74.3 Å². The number of piperazine rings is 1. The first-order valence-electron chi connectivity index (χ1n) is 13.2. The third-order valence-corrected chi connectivity index (χ3v) is 7.94. The number of nitrogens with one attached hydrogen (secondary N) is 1. The molecule has 2 aromatic heterocycles. The lowest BCUT2D eigenvalue weighted by atomic mass is 9.98. The zero-order valence-corrected chi connectivity index (χ0v) is 22.5. The van der Waals surface area contributed by atoms with Gasteiger partial charge in [0, 0.05) is 61.0 Å². The van der Waals surface area contributed by atoms with E-state index in [2.05, 4.69) is 51.1 Å². The molecular formula is C27H30N8O5. The maximum atomic E-state index is 13.6. The van der Waals surface area contributed by atoms with Crippen LogP contribution in [0.25, 0.3) is 10.9 Å². The minimum atomic E-state index is -0.501. The molecule has 0 aliphatic carbocycles. The highest BCUT2D eigenvalue weighted by atomic mass is 16.7. The summed E-state index contributed by atoms with van der Waals surface area (Å²) in [7, 11) is 0. The van der Waals surface area contributed by atoms with Crippen molar-refractivity contribution in [2.45, 2.75) is 38.8 Å².